The number of carbonyl (C=O) groups excluding carboxylic acids is 2. The first-order valence-electron chi connectivity index (χ1n) is 10.5. The van der Waals surface area contributed by atoms with Crippen LogP contribution in [-0.4, -0.2) is 26.0 Å². The lowest BCUT2D eigenvalue weighted by Crippen LogP contribution is -2.32. The second-order valence-corrected chi connectivity index (χ2v) is 8.36. The molecule has 0 aromatic heterocycles. The third-order valence-corrected chi connectivity index (χ3v) is 6.37. The van der Waals surface area contributed by atoms with E-state index in [4.69, 9.17) is 9.47 Å². The Balaban J connectivity index is 1.75. The van der Waals surface area contributed by atoms with Crippen LogP contribution in [0.1, 0.15) is 12.5 Å². The van der Waals surface area contributed by atoms with Gasteiger partial charge in [-0.15, -0.1) is 0 Å². The molecule has 33 heavy (non-hydrogen) atoms. The van der Waals surface area contributed by atoms with E-state index in [-0.39, 0.29) is 11.6 Å². The fourth-order valence-corrected chi connectivity index (χ4v) is 4.42. The van der Waals surface area contributed by atoms with E-state index in [2.05, 4.69) is 12.2 Å². The summed E-state index contributed by atoms with van der Waals surface area (Å²) in [6.45, 7) is 2.06. The molecule has 1 aliphatic heterocycles. The number of carbonyl (C=O) groups is 2. The lowest BCUT2D eigenvalue weighted by atomic mass is 10.1. The third kappa shape index (κ3) is 4.59. The molecule has 3 aromatic rings. The number of benzene rings is 3. The Kier molecular flexibility index (Phi) is 6.70. The van der Waals surface area contributed by atoms with Crippen LogP contribution in [0.2, 0.25) is 0 Å². The molecule has 0 saturated carbocycles. The van der Waals surface area contributed by atoms with E-state index in [1.807, 2.05) is 42.5 Å². The number of ether oxygens (including phenoxy) is 2. The average Bonchev–Trinajstić information content (AvgIpc) is 3.08. The fourth-order valence-electron chi connectivity index (χ4n) is 3.47. The summed E-state index contributed by atoms with van der Waals surface area (Å²) in [6.07, 6.45) is 0.875. The van der Waals surface area contributed by atoms with E-state index in [0.717, 1.165) is 16.9 Å². The molecule has 6 nitrogen and oxygen atoms in total. The largest absolute Gasteiger partial charge is 0.497 e. The molecule has 1 aliphatic rings. The predicted octanol–water partition coefficient (Wildman–Crippen LogP) is 5.26. The number of thioether (sulfide) groups is 1. The zero-order valence-corrected chi connectivity index (χ0v) is 19.4. The molecule has 7 heteroatoms. The molecule has 1 N–H and O–H groups in total. The van der Waals surface area contributed by atoms with Crippen LogP contribution in [0.3, 0.4) is 0 Å². The summed E-state index contributed by atoms with van der Waals surface area (Å²) >= 11 is 1.26. The van der Waals surface area contributed by atoms with Crippen LogP contribution in [0.4, 0.5) is 11.4 Å². The van der Waals surface area contributed by atoms with Gasteiger partial charge in [-0.1, -0.05) is 49.0 Å². The summed E-state index contributed by atoms with van der Waals surface area (Å²) in [5, 5.41) is 3.15. The Morgan fingerprint density at radius 2 is 1.61 bits per heavy atom. The van der Waals surface area contributed by atoms with E-state index in [1.54, 1.807) is 37.4 Å². The van der Waals surface area contributed by atoms with Gasteiger partial charge in [-0.2, -0.15) is 0 Å². The van der Waals surface area contributed by atoms with Gasteiger partial charge in [0, 0.05) is 11.0 Å². The zero-order chi connectivity index (χ0) is 23.4. The molecule has 0 atom stereocenters. The van der Waals surface area contributed by atoms with Crippen LogP contribution in [0.25, 0.3) is 0 Å². The van der Waals surface area contributed by atoms with Crippen molar-refractivity contribution in [3.63, 3.8) is 0 Å². The van der Waals surface area contributed by atoms with Crippen molar-refractivity contribution in [3.05, 3.63) is 89.0 Å². The molecule has 0 saturated heterocycles. The lowest BCUT2D eigenvalue weighted by Gasteiger charge is -2.16. The third-order valence-electron chi connectivity index (χ3n) is 5.28. The van der Waals surface area contributed by atoms with E-state index in [1.165, 1.54) is 23.8 Å². The summed E-state index contributed by atoms with van der Waals surface area (Å²) in [7, 11) is 3.11. The first-order chi connectivity index (χ1) is 16.0. The van der Waals surface area contributed by atoms with Crippen molar-refractivity contribution in [1.29, 1.82) is 0 Å². The molecule has 0 radical (unpaired) electrons. The molecular formula is C26H24N2O4S. The monoisotopic (exact) mass is 460 g/mol. The second kappa shape index (κ2) is 9.83. The number of methoxy groups -OCH3 is 2. The quantitative estimate of drug-likeness (QED) is 0.463. The van der Waals surface area contributed by atoms with Gasteiger partial charge in [0.25, 0.3) is 11.8 Å². The fraction of sp³-hybridized carbons (Fsp3) is 0.154. The molecule has 1 heterocycles. The Bertz CT molecular complexity index is 1210. The number of nitrogens with zero attached hydrogens (tertiary/aromatic N) is 1. The number of anilines is 2. The van der Waals surface area contributed by atoms with Crippen molar-refractivity contribution >= 4 is 35.0 Å². The van der Waals surface area contributed by atoms with E-state index < -0.39 is 5.91 Å². The smallest absolute Gasteiger partial charge is 0.283 e. The SMILES string of the molecule is CCc1ccc(N2C(=O)C(Nc3ccc(OC)cc3OC)=C(Sc3ccccc3)C2=O)cc1. The molecule has 3 aromatic carbocycles. The number of rotatable bonds is 8. The Labute approximate surface area is 197 Å². The van der Waals surface area contributed by atoms with Gasteiger partial charge in [0.05, 0.1) is 25.6 Å². The van der Waals surface area contributed by atoms with Crippen LogP contribution in [0.15, 0.2) is 88.3 Å². The highest BCUT2D eigenvalue weighted by Gasteiger charge is 2.40. The number of nitrogens with one attached hydrogen (secondary N) is 1. The molecule has 0 fully saturated rings. The van der Waals surface area contributed by atoms with Gasteiger partial charge in [-0.05, 0) is 48.4 Å². The highest BCUT2D eigenvalue weighted by molar-refractivity contribution is 8.04. The summed E-state index contributed by atoms with van der Waals surface area (Å²) in [5.74, 6) is 0.335. The van der Waals surface area contributed by atoms with Crippen molar-refractivity contribution in [1.82, 2.24) is 0 Å². The maximum Gasteiger partial charge on any atom is 0.283 e. The van der Waals surface area contributed by atoms with Crippen molar-refractivity contribution in [2.24, 2.45) is 0 Å². The van der Waals surface area contributed by atoms with E-state index in [0.29, 0.717) is 27.8 Å². The minimum Gasteiger partial charge on any atom is -0.497 e. The molecule has 4 rings (SSSR count). The number of hydrogen-bond acceptors (Lipinski definition) is 6. The Morgan fingerprint density at radius 1 is 0.879 bits per heavy atom. The van der Waals surface area contributed by atoms with Crippen LogP contribution < -0.4 is 19.7 Å². The minimum absolute atomic E-state index is 0.205. The van der Waals surface area contributed by atoms with Crippen LogP contribution in [0, 0.1) is 0 Å². The molecule has 168 valence electrons. The van der Waals surface area contributed by atoms with Gasteiger partial charge in [0.15, 0.2) is 0 Å². The van der Waals surface area contributed by atoms with Crippen LogP contribution >= 0.6 is 11.8 Å². The highest BCUT2D eigenvalue weighted by atomic mass is 32.2. The number of hydrogen-bond donors (Lipinski definition) is 1. The molecule has 0 aliphatic carbocycles. The van der Waals surface area contributed by atoms with Gasteiger partial charge in [-0.25, -0.2) is 4.90 Å². The van der Waals surface area contributed by atoms with Gasteiger partial charge in [0.1, 0.15) is 22.1 Å². The van der Waals surface area contributed by atoms with E-state index >= 15 is 0 Å². The summed E-state index contributed by atoms with van der Waals surface area (Å²) in [4.78, 5) is 29.4. The van der Waals surface area contributed by atoms with Gasteiger partial charge in [-0.3, -0.25) is 9.59 Å². The Morgan fingerprint density at radius 3 is 2.24 bits per heavy atom. The minimum atomic E-state index is -0.416. The van der Waals surface area contributed by atoms with Crippen molar-refractivity contribution < 1.29 is 19.1 Å². The van der Waals surface area contributed by atoms with Gasteiger partial charge < -0.3 is 14.8 Å². The van der Waals surface area contributed by atoms with Crippen molar-refractivity contribution in [3.8, 4) is 11.5 Å². The van der Waals surface area contributed by atoms with Crippen molar-refractivity contribution in [2.75, 3.05) is 24.4 Å². The molecular weight excluding hydrogens is 436 g/mol. The number of imide groups is 1. The summed E-state index contributed by atoms with van der Waals surface area (Å²) < 4.78 is 10.7. The molecule has 0 bridgehead atoms. The average molecular weight is 461 g/mol. The maximum absolute atomic E-state index is 13.5. The first kappa shape index (κ1) is 22.5. The first-order valence-corrected chi connectivity index (χ1v) is 11.3. The zero-order valence-electron chi connectivity index (χ0n) is 18.6. The second-order valence-electron chi connectivity index (χ2n) is 7.28. The van der Waals surface area contributed by atoms with Crippen molar-refractivity contribution in [2.45, 2.75) is 18.2 Å². The molecule has 0 unspecified atom stereocenters. The molecule has 2 amide bonds. The van der Waals surface area contributed by atoms with Gasteiger partial charge >= 0.3 is 0 Å². The maximum atomic E-state index is 13.5. The predicted molar refractivity (Wildman–Crippen MR) is 131 cm³/mol. The van der Waals surface area contributed by atoms with Gasteiger partial charge in [0.2, 0.25) is 0 Å². The van der Waals surface area contributed by atoms with E-state index in [9.17, 15) is 9.59 Å². The topological polar surface area (TPSA) is 67.9 Å². The molecule has 0 spiro atoms. The van der Waals surface area contributed by atoms with Crippen LogP contribution in [-0.2, 0) is 16.0 Å². The number of aryl methyl sites for hydroxylation is 1. The standard InChI is InChI=1S/C26H24N2O4S/c1-4-17-10-12-18(13-11-17)28-25(29)23(24(26(28)30)33-20-8-6-5-7-9-20)27-21-15-14-19(31-2)16-22(21)32-3/h5-16,27H,4H2,1-3H3. The Hall–Kier alpha value is -3.71. The van der Waals surface area contributed by atoms with Crippen LogP contribution in [0.5, 0.6) is 11.5 Å². The normalized spacial score (nSPS) is 13.5. The number of amides is 2. The highest BCUT2D eigenvalue weighted by Crippen LogP contribution is 2.39. The lowest BCUT2D eigenvalue weighted by molar-refractivity contribution is -0.120. The summed E-state index contributed by atoms with van der Waals surface area (Å²) in [5.41, 5.74) is 2.43. The summed E-state index contributed by atoms with van der Waals surface area (Å²) in [6, 6.07) is 22.2.